The van der Waals surface area contributed by atoms with Gasteiger partial charge >= 0.3 is 0 Å². The summed E-state index contributed by atoms with van der Waals surface area (Å²) in [6, 6.07) is 6.06. The van der Waals surface area contributed by atoms with Crippen LogP contribution in [0.25, 0.3) is 22.3 Å². The van der Waals surface area contributed by atoms with Gasteiger partial charge in [-0.25, -0.2) is 15.0 Å². The molecule has 2 aliphatic heterocycles. The molecule has 0 bridgehead atoms. The lowest BCUT2D eigenvalue weighted by molar-refractivity contribution is -0.119. The largest absolute Gasteiger partial charge is 0.473 e. The minimum atomic E-state index is -0.145. The Morgan fingerprint density at radius 3 is 2.77 bits per heavy atom. The summed E-state index contributed by atoms with van der Waals surface area (Å²) in [5, 5.41) is 6.24. The van der Waals surface area contributed by atoms with Crippen molar-refractivity contribution in [2.45, 2.75) is 19.4 Å². The number of piperazine rings is 1. The Labute approximate surface area is 180 Å². The van der Waals surface area contributed by atoms with Crippen LogP contribution in [0.4, 0.5) is 5.82 Å². The fourth-order valence-corrected chi connectivity index (χ4v) is 4.22. The predicted octanol–water partition coefficient (Wildman–Crippen LogP) is 1.34. The molecule has 0 aliphatic carbocycles. The average molecular weight is 422 g/mol. The van der Waals surface area contributed by atoms with Crippen LogP contribution < -0.4 is 20.3 Å². The van der Waals surface area contributed by atoms with Crippen LogP contribution in [-0.4, -0.2) is 64.3 Å². The van der Waals surface area contributed by atoms with Crippen LogP contribution in [0.1, 0.15) is 13.3 Å². The number of aryl methyl sites for hydroxylation is 1. The molecule has 162 valence electrons. The van der Waals surface area contributed by atoms with Gasteiger partial charge in [-0.15, -0.1) is 0 Å². The molecule has 0 radical (unpaired) electrons. The average Bonchev–Trinajstić information content (AvgIpc) is 3.40. The fourth-order valence-electron chi connectivity index (χ4n) is 4.22. The van der Waals surface area contributed by atoms with Crippen molar-refractivity contribution in [1.82, 2.24) is 30.2 Å². The van der Waals surface area contributed by atoms with Gasteiger partial charge in [-0.05, 0) is 25.1 Å². The van der Waals surface area contributed by atoms with E-state index in [2.05, 4.69) is 25.5 Å². The first kappa shape index (κ1) is 19.7. The molecule has 2 N–H and O–H groups in total. The normalized spacial score (nSPS) is 20.1. The van der Waals surface area contributed by atoms with E-state index in [1.807, 2.05) is 42.9 Å². The number of fused-ring (bicyclic) bond motifs is 1. The van der Waals surface area contributed by atoms with Crippen LogP contribution in [-0.2, 0) is 11.8 Å². The van der Waals surface area contributed by atoms with Crippen molar-refractivity contribution >= 4 is 22.8 Å². The Kier molecular flexibility index (Phi) is 5.19. The van der Waals surface area contributed by atoms with Gasteiger partial charge in [-0.1, -0.05) is 0 Å². The summed E-state index contributed by atoms with van der Waals surface area (Å²) in [4.78, 5) is 27.9. The van der Waals surface area contributed by atoms with Crippen molar-refractivity contribution in [3.05, 3.63) is 30.7 Å². The Hall–Kier alpha value is -3.20. The molecule has 9 heteroatoms. The number of anilines is 1. The molecule has 2 aliphatic rings. The molecular weight excluding hydrogens is 394 g/mol. The van der Waals surface area contributed by atoms with Gasteiger partial charge in [0.05, 0.1) is 17.5 Å². The molecule has 5 heterocycles. The van der Waals surface area contributed by atoms with E-state index >= 15 is 0 Å². The molecule has 0 saturated carbocycles. The van der Waals surface area contributed by atoms with Crippen LogP contribution in [0, 0.1) is 5.92 Å². The summed E-state index contributed by atoms with van der Waals surface area (Å²) in [6.45, 7) is 6.49. The van der Waals surface area contributed by atoms with E-state index in [0.29, 0.717) is 18.8 Å². The van der Waals surface area contributed by atoms with Gasteiger partial charge in [-0.2, -0.15) is 0 Å². The molecule has 5 rings (SSSR count). The number of nitrogens with one attached hydrogen (secondary N) is 2. The zero-order chi connectivity index (χ0) is 21.4. The van der Waals surface area contributed by atoms with Crippen LogP contribution in [0.15, 0.2) is 30.7 Å². The Morgan fingerprint density at radius 1 is 1.23 bits per heavy atom. The lowest BCUT2D eigenvalue weighted by Gasteiger charge is -2.28. The van der Waals surface area contributed by atoms with Crippen molar-refractivity contribution in [2.75, 3.05) is 37.6 Å². The number of aromatic nitrogens is 4. The molecule has 2 atom stereocenters. The molecule has 3 aromatic heterocycles. The third kappa shape index (κ3) is 3.93. The minimum Gasteiger partial charge on any atom is -0.473 e. The number of hydrogen-bond acceptors (Lipinski definition) is 7. The van der Waals surface area contributed by atoms with Crippen molar-refractivity contribution < 1.29 is 9.53 Å². The van der Waals surface area contributed by atoms with Crippen molar-refractivity contribution in [1.29, 1.82) is 0 Å². The number of ether oxygens (including phenoxy) is 1. The lowest BCUT2D eigenvalue weighted by Crippen LogP contribution is -2.43. The van der Waals surface area contributed by atoms with Crippen molar-refractivity contribution in [3.63, 3.8) is 0 Å². The van der Waals surface area contributed by atoms with E-state index in [0.717, 1.165) is 54.3 Å². The van der Waals surface area contributed by atoms with Crippen molar-refractivity contribution in [2.24, 2.45) is 13.0 Å². The SMILES string of the molecule is C[C@@H](Oc1nc(-c2ccc(N3CCNCC3)nc2)cc2ncn(C)c12)C1CNC(=O)C1. The quantitative estimate of drug-likeness (QED) is 0.642. The third-order valence-corrected chi connectivity index (χ3v) is 6.12. The maximum Gasteiger partial charge on any atom is 0.241 e. The molecule has 2 fully saturated rings. The monoisotopic (exact) mass is 421 g/mol. The first-order chi connectivity index (χ1) is 15.1. The number of imidazole rings is 1. The zero-order valence-electron chi connectivity index (χ0n) is 17.8. The van der Waals surface area contributed by atoms with Crippen molar-refractivity contribution in [3.8, 4) is 17.1 Å². The highest BCUT2D eigenvalue weighted by atomic mass is 16.5. The first-order valence-electron chi connectivity index (χ1n) is 10.8. The number of carbonyl (C=O) groups excluding carboxylic acids is 1. The van der Waals surface area contributed by atoms with E-state index < -0.39 is 0 Å². The molecule has 1 amide bonds. The van der Waals surface area contributed by atoms with E-state index in [1.165, 1.54) is 0 Å². The second-order valence-electron chi connectivity index (χ2n) is 8.27. The molecule has 1 unspecified atom stereocenters. The maximum atomic E-state index is 11.6. The van der Waals surface area contributed by atoms with E-state index in [9.17, 15) is 4.79 Å². The Bertz CT molecular complexity index is 1090. The van der Waals surface area contributed by atoms with Gasteiger partial charge < -0.3 is 24.8 Å². The molecular formula is C22H27N7O2. The molecule has 0 aromatic carbocycles. The van der Waals surface area contributed by atoms with E-state index in [-0.39, 0.29) is 17.9 Å². The van der Waals surface area contributed by atoms with Gasteiger partial charge in [-0.3, -0.25) is 4.79 Å². The van der Waals surface area contributed by atoms with Gasteiger partial charge in [0.1, 0.15) is 17.4 Å². The number of rotatable bonds is 5. The summed E-state index contributed by atoms with van der Waals surface area (Å²) < 4.78 is 8.19. The standard InChI is InChI=1S/C22H27N7O2/c1-14(16-9-20(30)25-12-16)31-22-21-18(26-13-28(21)2)10-17(27-22)15-3-4-19(24-11-15)29-7-5-23-6-8-29/h3-4,10-11,13-14,16,23H,5-9,12H2,1-2H3,(H,25,30)/t14-,16?/m1/s1. The highest BCUT2D eigenvalue weighted by Crippen LogP contribution is 2.31. The smallest absolute Gasteiger partial charge is 0.241 e. The summed E-state index contributed by atoms with van der Waals surface area (Å²) in [5.74, 6) is 1.71. The van der Waals surface area contributed by atoms with Crippen LogP contribution in [0.3, 0.4) is 0 Å². The number of amides is 1. The lowest BCUT2D eigenvalue weighted by atomic mass is 10.0. The Morgan fingerprint density at radius 2 is 2.06 bits per heavy atom. The minimum absolute atomic E-state index is 0.0727. The summed E-state index contributed by atoms with van der Waals surface area (Å²) >= 11 is 0. The van der Waals surface area contributed by atoms with Gasteiger partial charge in [0, 0.05) is 63.9 Å². The summed E-state index contributed by atoms with van der Waals surface area (Å²) in [7, 11) is 1.93. The summed E-state index contributed by atoms with van der Waals surface area (Å²) in [6.07, 6.45) is 3.96. The molecule has 3 aromatic rings. The van der Waals surface area contributed by atoms with Crippen LogP contribution >= 0.6 is 0 Å². The Balaban J connectivity index is 1.44. The number of carbonyl (C=O) groups is 1. The predicted molar refractivity (Wildman–Crippen MR) is 118 cm³/mol. The second-order valence-corrected chi connectivity index (χ2v) is 8.27. The van der Waals surface area contributed by atoms with Crippen LogP contribution in [0.5, 0.6) is 5.88 Å². The first-order valence-corrected chi connectivity index (χ1v) is 10.8. The molecule has 2 saturated heterocycles. The van der Waals surface area contributed by atoms with Gasteiger partial charge in [0.2, 0.25) is 11.8 Å². The van der Waals surface area contributed by atoms with E-state index in [1.54, 1.807) is 6.33 Å². The highest BCUT2D eigenvalue weighted by Gasteiger charge is 2.29. The number of hydrogen-bond donors (Lipinski definition) is 2. The molecule has 0 spiro atoms. The number of nitrogens with zero attached hydrogens (tertiary/aromatic N) is 5. The third-order valence-electron chi connectivity index (χ3n) is 6.12. The fraction of sp³-hybridized carbons (Fsp3) is 0.455. The molecule has 9 nitrogen and oxygen atoms in total. The topological polar surface area (TPSA) is 97.2 Å². The number of pyridine rings is 2. The molecule has 31 heavy (non-hydrogen) atoms. The van der Waals surface area contributed by atoms with Gasteiger partial charge in [0.25, 0.3) is 0 Å². The van der Waals surface area contributed by atoms with Gasteiger partial charge in [0.15, 0.2) is 0 Å². The highest BCUT2D eigenvalue weighted by molar-refractivity contribution is 5.84. The van der Waals surface area contributed by atoms with E-state index in [4.69, 9.17) is 9.72 Å². The van der Waals surface area contributed by atoms with Crippen LogP contribution in [0.2, 0.25) is 0 Å². The second kappa shape index (κ2) is 8.14. The zero-order valence-corrected chi connectivity index (χ0v) is 17.8. The summed E-state index contributed by atoms with van der Waals surface area (Å²) in [5.41, 5.74) is 3.36. The maximum absolute atomic E-state index is 11.6.